The molecule has 2 nitrogen and oxygen atoms in total. The van der Waals surface area contributed by atoms with E-state index >= 15 is 0 Å². The highest BCUT2D eigenvalue weighted by atomic mass is 16.3. The summed E-state index contributed by atoms with van der Waals surface area (Å²) < 4.78 is 0. The lowest BCUT2D eigenvalue weighted by Gasteiger charge is -2.16. The summed E-state index contributed by atoms with van der Waals surface area (Å²) in [6.45, 7) is 0. The van der Waals surface area contributed by atoms with Crippen LogP contribution in [0.1, 0.15) is 32.1 Å². The van der Waals surface area contributed by atoms with Gasteiger partial charge >= 0.3 is 5.97 Å². The van der Waals surface area contributed by atoms with Gasteiger partial charge < -0.3 is 5.11 Å². The lowest BCUT2D eigenvalue weighted by atomic mass is 9.74. The van der Waals surface area contributed by atoms with Crippen molar-refractivity contribution in [3.05, 3.63) is 0 Å². The number of aliphatic carboxylic acids is 1. The van der Waals surface area contributed by atoms with E-state index in [4.69, 9.17) is 5.11 Å². The van der Waals surface area contributed by atoms with Gasteiger partial charge in [0.25, 0.3) is 0 Å². The quantitative estimate of drug-likeness (QED) is 0.581. The highest BCUT2D eigenvalue weighted by Crippen LogP contribution is 2.23. The molecular weight excluding hydrogens is 115 g/mol. The van der Waals surface area contributed by atoms with Crippen LogP contribution in [-0.4, -0.2) is 11.1 Å². The summed E-state index contributed by atoms with van der Waals surface area (Å²) in [6.07, 6.45) is 5.24. The van der Waals surface area contributed by atoms with Crippen LogP contribution in [0.2, 0.25) is 0 Å². The van der Waals surface area contributed by atoms with Crippen LogP contribution in [-0.2, 0) is 4.79 Å². The van der Waals surface area contributed by atoms with Crippen LogP contribution in [0.15, 0.2) is 0 Å². The Morgan fingerprint density at radius 1 is 1.22 bits per heavy atom. The molecule has 0 spiro atoms. The molecule has 0 heterocycles. The highest BCUT2D eigenvalue weighted by molar-refractivity contribution is 5.69. The fraction of sp³-hybridized carbons (Fsp3) is 0.857. The summed E-state index contributed by atoms with van der Waals surface area (Å²) >= 11 is 0. The Balaban J connectivity index is 2.31. The van der Waals surface area contributed by atoms with Gasteiger partial charge in [0.05, 0.1) is 5.92 Å². The molecule has 9 heavy (non-hydrogen) atoms. The van der Waals surface area contributed by atoms with Gasteiger partial charge in [-0.1, -0.05) is 19.3 Å². The van der Waals surface area contributed by atoms with Crippen LogP contribution in [0.3, 0.4) is 0 Å². The Bertz CT molecular complexity index is 103. The first-order valence-electron chi connectivity index (χ1n) is 3.53. The van der Waals surface area contributed by atoms with Gasteiger partial charge in [-0.3, -0.25) is 4.79 Å². The molecule has 0 aromatic rings. The summed E-state index contributed by atoms with van der Waals surface area (Å²) in [5, 5.41) is 8.54. The zero-order chi connectivity index (χ0) is 6.69. The van der Waals surface area contributed by atoms with E-state index in [1.807, 2.05) is 0 Å². The summed E-state index contributed by atoms with van der Waals surface area (Å²) in [5.74, 6) is -0.631. The van der Waals surface area contributed by atoms with Crippen molar-refractivity contribution in [1.82, 2.24) is 0 Å². The van der Waals surface area contributed by atoms with Gasteiger partial charge in [-0.2, -0.15) is 0 Å². The van der Waals surface area contributed by atoms with Crippen molar-refractivity contribution < 1.29 is 9.90 Å². The van der Waals surface area contributed by atoms with Gasteiger partial charge in [0.1, 0.15) is 0 Å². The molecule has 1 saturated carbocycles. The van der Waals surface area contributed by atoms with Gasteiger partial charge in [-0.05, 0) is 12.8 Å². The lowest BCUT2D eigenvalue weighted by Crippen LogP contribution is -2.16. The molecule has 52 valence electrons. The molecule has 1 aliphatic carbocycles. The van der Waals surface area contributed by atoms with Gasteiger partial charge in [-0.25, -0.2) is 0 Å². The second-order valence-electron chi connectivity index (χ2n) is 2.67. The SMILES string of the molecule is O=[11C](O)C1CCCCC1. The standard InChI is InChI=1S/C7H12O2/c8-7(9)6-4-2-1-3-5-6/h6H,1-5H2,(H,8,9)/i7-1. The molecule has 1 aliphatic rings. The average Bonchev–Trinajstić information content (AvgIpc) is 1.90. The fourth-order valence-corrected chi connectivity index (χ4v) is 1.35. The Labute approximate surface area is 54.9 Å². The molecule has 1 rings (SSSR count). The van der Waals surface area contributed by atoms with E-state index in [-0.39, 0.29) is 5.92 Å². The molecular formula is C7H12O2. The summed E-state index contributed by atoms with van der Waals surface area (Å²) in [5.41, 5.74) is 0. The molecule has 2 heteroatoms. The molecule has 1 fully saturated rings. The molecule has 0 aromatic heterocycles. The third kappa shape index (κ3) is 1.70. The number of hydrogen-bond acceptors (Lipinski definition) is 1. The normalized spacial score (nSPS) is 21.8. The molecule has 0 saturated heterocycles. The van der Waals surface area contributed by atoms with Crippen molar-refractivity contribution in [2.45, 2.75) is 32.1 Å². The maximum atomic E-state index is 10.4. The van der Waals surface area contributed by atoms with E-state index in [1.165, 1.54) is 6.42 Å². The van der Waals surface area contributed by atoms with E-state index < -0.39 is 5.97 Å². The molecule has 0 bridgehead atoms. The first-order chi connectivity index (χ1) is 4.30. The average molecular weight is 127 g/mol. The number of hydrogen-bond donors (Lipinski definition) is 1. The van der Waals surface area contributed by atoms with Crippen LogP contribution in [0.5, 0.6) is 0 Å². The Kier molecular flexibility index (Phi) is 2.09. The number of carboxylic acid groups (broad SMARTS) is 1. The molecule has 0 aromatic carbocycles. The molecule has 0 radical (unpaired) electrons. The third-order valence-corrected chi connectivity index (χ3v) is 1.95. The first-order valence-corrected chi connectivity index (χ1v) is 3.53. The highest BCUT2D eigenvalue weighted by Gasteiger charge is 2.19. The van der Waals surface area contributed by atoms with Crippen molar-refractivity contribution in [1.29, 1.82) is 0 Å². The summed E-state index contributed by atoms with van der Waals surface area (Å²) in [6, 6.07) is 0. The van der Waals surface area contributed by atoms with Crippen LogP contribution < -0.4 is 0 Å². The predicted molar refractivity (Wildman–Crippen MR) is 34.2 cm³/mol. The van der Waals surface area contributed by atoms with E-state index in [0.717, 1.165) is 25.7 Å². The third-order valence-electron chi connectivity index (χ3n) is 1.95. The van der Waals surface area contributed by atoms with Gasteiger partial charge in [-0.15, -0.1) is 0 Å². The summed E-state index contributed by atoms with van der Waals surface area (Å²) in [7, 11) is 0. The van der Waals surface area contributed by atoms with Crippen LogP contribution >= 0.6 is 0 Å². The zero-order valence-electron chi connectivity index (χ0n) is 5.47. The molecule has 0 unspecified atom stereocenters. The van der Waals surface area contributed by atoms with Crippen molar-refractivity contribution in [2.75, 3.05) is 0 Å². The Hall–Kier alpha value is -0.530. The second-order valence-corrected chi connectivity index (χ2v) is 2.67. The molecule has 0 amide bonds. The lowest BCUT2D eigenvalue weighted by molar-refractivity contribution is -0.142. The monoisotopic (exact) mass is 127 g/mol. The minimum atomic E-state index is -0.602. The van der Waals surface area contributed by atoms with Crippen molar-refractivity contribution in [3.8, 4) is 0 Å². The minimum absolute atomic E-state index is 0.0289. The topological polar surface area (TPSA) is 37.3 Å². The Morgan fingerprint density at radius 2 is 1.78 bits per heavy atom. The van der Waals surface area contributed by atoms with E-state index in [9.17, 15) is 4.79 Å². The van der Waals surface area contributed by atoms with E-state index in [2.05, 4.69) is 0 Å². The Morgan fingerprint density at radius 3 is 2.11 bits per heavy atom. The number of carbonyl (C=O) groups is 1. The van der Waals surface area contributed by atoms with E-state index in [0.29, 0.717) is 0 Å². The van der Waals surface area contributed by atoms with E-state index in [1.54, 1.807) is 0 Å². The maximum Gasteiger partial charge on any atom is 0.306 e. The zero-order valence-corrected chi connectivity index (χ0v) is 5.47. The van der Waals surface area contributed by atoms with Gasteiger partial charge in [0.15, 0.2) is 0 Å². The summed E-state index contributed by atoms with van der Waals surface area (Å²) in [4.78, 5) is 10.4. The van der Waals surface area contributed by atoms with Crippen molar-refractivity contribution >= 4 is 5.97 Å². The van der Waals surface area contributed by atoms with Crippen LogP contribution in [0.25, 0.3) is 0 Å². The first kappa shape index (κ1) is 6.59. The number of carboxylic acids is 1. The van der Waals surface area contributed by atoms with Crippen molar-refractivity contribution in [3.63, 3.8) is 0 Å². The number of rotatable bonds is 1. The largest absolute Gasteiger partial charge is 0.481 e. The molecule has 0 aliphatic heterocycles. The minimum Gasteiger partial charge on any atom is -0.481 e. The van der Waals surface area contributed by atoms with Crippen LogP contribution in [0.4, 0.5) is 0 Å². The fourth-order valence-electron chi connectivity index (χ4n) is 1.35. The smallest absolute Gasteiger partial charge is 0.306 e. The van der Waals surface area contributed by atoms with Gasteiger partial charge in [0.2, 0.25) is 0 Å². The predicted octanol–water partition coefficient (Wildman–Crippen LogP) is 1.65. The van der Waals surface area contributed by atoms with Crippen molar-refractivity contribution in [2.24, 2.45) is 5.92 Å². The molecule has 1 N–H and O–H groups in total. The second kappa shape index (κ2) is 2.85. The molecule has 0 atom stereocenters. The van der Waals surface area contributed by atoms with Crippen LogP contribution in [0, 0.1) is 5.92 Å². The maximum absolute atomic E-state index is 10.4. The van der Waals surface area contributed by atoms with Gasteiger partial charge in [0, 0.05) is 0 Å².